The lowest BCUT2D eigenvalue weighted by molar-refractivity contribution is 0.0951. The van der Waals surface area contributed by atoms with E-state index in [-0.39, 0.29) is 11.4 Å². The highest BCUT2D eigenvalue weighted by molar-refractivity contribution is 7.18. The lowest BCUT2D eigenvalue weighted by Crippen LogP contribution is -2.48. The maximum Gasteiger partial charge on any atom is 0.251 e. The van der Waals surface area contributed by atoms with E-state index in [0.717, 1.165) is 55.5 Å². The summed E-state index contributed by atoms with van der Waals surface area (Å²) in [6.07, 6.45) is 4.10. The zero-order valence-corrected chi connectivity index (χ0v) is 16.3. The van der Waals surface area contributed by atoms with Crippen LogP contribution < -0.4 is 16.0 Å². The van der Waals surface area contributed by atoms with Crippen molar-refractivity contribution in [2.45, 2.75) is 44.2 Å². The van der Waals surface area contributed by atoms with E-state index in [2.05, 4.69) is 28.6 Å². The Morgan fingerprint density at radius 2 is 2.04 bits per heavy atom. The van der Waals surface area contributed by atoms with Crippen LogP contribution in [-0.2, 0) is 0 Å². The fourth-order valence-corrected chi connectivity index (χ4v) is 4.72. The number of nitrogens with zero attached hydrogens (tertiary/aromatic N) is 2. The van der Waals surface area contributed by atoms with Crippen molar-refractivity contribution in [2.75, 3.05) is 18.0 Å². The number of anilines is 1. The van der Waals surface area contributed by atoms with Gasteiger partial charge in [-0.15, -0.1) is 11.3 Å². The van der Waals surface area contributed by atoms with Crippen LogP contribution in [0.4, 0.5) is 5.82 Å². The van der Waals surface area contributed by atoms with E-state index in [1.165, 1.54) is 10.1 Å². The van der Waals surface area contributed by atoms with Gasteiger partial charge in [-0.1, -0.05) is 6.07 Å². The fraction of sp³-hybridized carbons (Fsp3) is 0.429. The molecule has 1 aliphatic carbocycles. The molecule has 0 radical (unpaired) electrons. The molecule has 27 heavy (non-hydrogen) atoms. The third kappa shape index (κ3) is 3.17. The number of nitrogens with one attached hydrogen (secondary N) is 1. The molecule has 1 amide bonds. The normalized spacial score (nSPS) is 19.6. The topological polar surface area (TPSA) is 71.2 Å². The average Bonchev–Trinajstić information content (AvgIpc) is 3.32. The van der Waals surface area contributed by atoms with Gasteiger partial charge in [0.05, 0.1) is 5.52 Å². The van der Waals surface area contributed by atoms with E-state index in [0.29, 0.717) is 11.6 Å². The first-order valence-corrected chi connectivity index (χ1v) is 10.5. The second kappa shape index (κ2) is 6.17. The number of carbonyl (C=O) groups excluding carboxylic acids is 1. The van der Waals surface area contributed by atoms with Crippen molar-refractivity contribution in [1.29, 1.82) is 0 Å². The molecule has 140 valence electrons. The third-order valence-corrected chi connectivity index (χ3v) is 6.70. The molecule has 0 bridgehead atoms. The molecule has 5 rings (SSSR count). The summed E-state index contributed by atoms with van der Waals surface area (Å²) in [6, 6.07) is 8.41. The van der Waals surface area contributed by atoms with Crippen molar-refractivity contribution in [3.8, 4) is 0 Å². The summed E-state index contributed by atoms with van der Waals surface area (Å²) in [7, 11) is 0. The van der Waals surface area contributed by atoms with E-state index in [9.17, 15) is 4.79 Å². The van der Waals surface area contributed by atoms with Gasteiger partial charge < -0.3 is 16.0 Å². The number of aromatic nitrogens is 1. The lowest BCUT2D eigenvalue weighted by Gasteiger charge is -2.37. The molecule has 5 nitrogen and oxygen atoms in total. The third-order valence-electron chi connectivity index (χ3n) is 5.75. The van der Waals surface area contributed by atoms with Crippen LogP contribution in [0.15, 0.2) is 29.6 Å². The first kappa shape index (κ1) is 17.0. The highest BCUT2D eigenvalue weighted by atomic mass is 32.1. The van der Waals surface area contributed by atoms with Gasteiger partial charge in [0.2, 0.25) is 0 Å². The molecule has 6 heteroatoms. The van der Waals surface area contributed by atoms with E-state index >= 15 is 0 Å². The number of thiophene rings is 1. The number of nitrogens with two attached hydrogens (primary N) is 1. The van der Waals surface area contributed by atoms with Crippen molar-refractivity contribution in [2.24, 2.45) is 5.73 Å². The Morgan fingerprint density at radius 1 is 1.26 bits per heavy atom. The van der Waals surface area contributed by atoms with Gasteiger partial charge in [-0.3, -0.25) is 4.79 Å². The van der Waals surface area contributed by atoms with Gasteiger partial charge in [-0.05, 0) is 56.2 Å². The van der Waals surface area contributed by atoms with Crippen molar-refractivity contribution >= 4 is 44.1 Å². The van der Waals surface area contributed by atoms with Crippen LogP contribution in [0.2, 0.25) is 0 Å². The number of benzene rings is 1. The monoisotopic (exact) mass is 380 g/mol. The van der Waals surface area contributed by atoms with Gasteiger partial charge in [-0.25, -0.2) is 4.98 Å². The fourth-order valence-electron chi connectivity index (χ4n) is 3.79. The Balaban J connectivity index is 1.57. The SMILES string of the molecule is CC1(N)CCN(c2nc3cc(C(=O)NC4CC4)ccc3c3sccc23)CC1. The molecule has 0 spiro atoms. The molecule has 3 aromatic rings. The standard InChI is InChI=1S/C21H24N4OS/c1-21(22)7-9-25(10-8-21)19-16-6-11-27-18(16)15-5-2-13(12-17(15)24-19)20(26)23-14-3-4-14/h2,5-6,11-12,14H,3-4,7-10,22H2,1H3,(H,23,26). The number of piperidine rings is 1. The van der Waals surface area contributed by atoms with Crippen LogP contribution in [-0.4, -0.2) is 35.6 Å². The molecule has 1 saturated carbocycles. The van der Waals surface area contributed by atoms with Crippen molar-refractivity contribution < 1.29 is 4.79 Å². The summed E-state index contributed by atoms with van der Waals surface area (Å²) in [5.41, 5.74) is 7.81. The minimum atomic E-state index is -0.0881. The minimum Gasteiger partial charge on any atom is -0.356 e. The van der Waals surface area contributed by atoms with Crippen LogP contribution in [0.1, 0.15) is 43.0 Å². The Bertz CT molecular complexity index is 1030. The van der Waals surface area contributed by atoms with Gasteiger partial charge in [0.15, 0.2) is 0 Å². The first-order valence-electron chi connectivity index (χ1n) is 9.66. The molecule has 2 aromatic heterocycles. The molecule has 1 aliphatic heterocycles. The minimum absolute atomic E-state index is 0.00546. The second-order valence-corrected chi connectivity index (χ2v) is 9.14. The summed E-state index contributed by atoms with van der Waals surface area (Å²) < 4.78 is 1.24. The molecule has 3 heterocycles. The van der Waals surface area contributed by atoms with Gasteiger partial charge in [0.25, 0.3) is 5.91 Å². The summed E-state index contributed by atoms with van der Waals surface area (Å²) in [5, 5.41) is 7.51. The van der Waals surface area contributed by atoms with Gasteiger partial charge >= 0.3 is 0 Å². The quantitative estimate of drug-likeness (QED) is 0.727. The van der Waals surface area contributed by atoms with Gasteiger partial charge in [-0.2, -0.15) is 0 Å². The molecular formula is C21H24N4OS. The molecule has 0 unspecified atom stereocenters. The van der Waals surface area contributed by atoms with Crippen LogP contribution in [0.5, 0.6) is 0 Å². The predicted molar refractivity (Wildman–Crippen MR) is 112 cm³/mol. The molecular weight excluding hydrogens is 356 g/mol. The maximum absolute atomic E-state index is 12.4. The summed E-state index contributed by atoms with van der Waals surface area (Å²) in [6.45, 7) is 3.96. The zero-order valence-electron chi connectivity index (χ0n) is 15.5. The number of hydrogen-bond acceptors (Lipinski definition) is 5. The van der Waals surface area contributed by atoms with E-state index in [1.807, 2.05) is 18.2 Å². The van der Waals surface area contributed by atoms with Crippen molar-refractivity contribution in [3.63, 3.8) is 0 Å². The Morgan fingerprint density at radius 3 is 2.78 bits per heavy atom. The van der Waals surface area contributed by atoms with E-state index in [4.69, 9.17) is 10.7 Å². The molecule has 2 fully saturated rings. The molecule has 1 aromatic carbocycles. The van der Waals surface area contributed by atoms with Crippen LogP contribution in [0.3, 0.4) is 0 Å². The highest BCUT2D eigenvalue weighted by Crippen LogP contribution is 2.37. The van der Waals surface area contributed by atoms with Crippen molar-refractivity contribution in [3.05, 3.63) is 35.2 Å². The van der Waals surface area contributed by atoms with E-state index in [1.54, 1.807) is 11.3 Å². The van der Waals surface area contributed by atoms with Crippen LogP contribution in [0.25, 0.3) is 21.0 Å². The Kier molecular flexibility index (Phi) is 3.88. The summed E-state index contributed by atoms with van der Waals surface area (Å²) in [5.74, 6) is 1.03. The summed E-state index contributed by atoms with van der Waals surface area (Å²) in [4.78, 5) is 19.8. The smallest absolute Gasteiger partial charge is 0.251 e. The lowest BCUT2D eigenvalue weighted by atomic mass is 9.91. The number of pyridine rings is 1. The molecule has 0 atom stereocenters. The zero-order chi connectivity index (χ0) is 18.6. The predicted octanol–water partition coefficient (Wildman–Crippen LogP) is 3.66. The Labute approximate surface area is 162 Å². The highest BCUT2D eigenvalue weighted by Gasteiger charge is 2.28. The molecule has 3 N–H and O–H groups in total. The van der Waals surface area contributed by atoms with E-state index < -0.39 is 0 Å². The summed E-state index contributed by atoms with van der Waals surface area (Å²) >= 11 is 1.74. The number of carbonyl (C=O) groups is 1. The van der Waals surface area contributed by atoms with Gasteiger partial charge in [0, 0.05) is 45.7 Å². The average molecular weight is 381 g/mol. The van der Waals surface area contributed by atoms with Crippen LogP contribution in [0, 0.1) is 0 Å². The number of fused-ring (bicyclic) bond motifs is 3. The first-order chi connectivity index (χ1) is 13.0. The number of hydrogen-bond donors (Lipinski definition) is 2. The van der Waals surface area contributed by atoms with Crippen molar-refractivity contribution in [1.82, 2.24) is 10.3 Å². The number of rotatable bonds is 3. The Hall–Kier alpha value is -2.18. The molecule has 1 saturated heterocycles. The second-order valence-electron chi connectivity index (χ2n) is 8.22. The maximum atomic E-state index is 12.4. The number of amides is 1. The van der Waals surface area contributed by atoms with Gasteiger partial charge in [0.1, 0.15) is 5.82 Å². The molecule has 2 aliphatic rings. The van der Waals surface area contributed by atoms with Crippen LogP contribution >= 0.6 is 11.3 Å². The largest absolute Gasteiger partial charge is 0.356 e.